The first-order valence-corrected chi connectivity index (χ1v) is 8.26. The fraction of sp³-hybridized carbons (Fsp3) is 0.235. The van der Waals surface area contributed by atoms with Gasteiger partial charge in [0, 0.05) is 11.9 Å². The minimum atomic E-state index is -4.56. The van der Waals surface area contributed by atoms with Crippen LogP contribution in [0.5, 0.6) is 0 Å². The van der Waals surface area contributed by atoms with Crippen molar-refractivity contribution in [1.82, 2.24) is 19.9 Å². The maximum atomic E-state index is 13.0. The third-order valence-corrected chi connectivity index (χ3v) is 4.26. The number of halogens is 4. The number of alkyl halides is 3. The number of aromatic nitrogens is 3. The van der Waals surface area contributed by atoms with Crippen molar-refractivity contribution in [1.29, 1.82) is 0 Å². The number of nitrogens with zero attached hydrogens (tertiary/aromatic N) is 3. The summed E-state index contributed by atoms with van der Waals surface area (Å²) in [6.45, 7) is 3.58. The third-order valence-electron chi connectivity index (χ3n) is 3.98. The van der Waals surface area contributed by atoms with E-state index >= 15 is 0 Å². The highest BCUT2D eigenvalue weighted by Crippen LogP contribution is 2.32. The Kier molecular flexibility index (Phi) is 4.97. The van der Waals surface area contributed by atoms with Crippen LogP contribution in [0.15, 0.2) is 30.5 Å². The first-order valence-electron chi connectivity index (χ1n) is 7.88. The van der Waals surface area contributed by atoms with Gasteiger partial charge in [0.05, 0.1) is 17.1 Å². The second-order valence-corrected chi connectivity index (χ2v) is 6.37. The van der Waals surface area contributed by atoms with E-state index in [2.05, 4.69) is 20.8 Å². The normalized spacial score (nSPS) is 11.6. The van der Waals surface area contributed by atoms with E-state index in [0.29, 0.717) is 5.69 Å². The summed E-state index contributed by atoms with van der Waals surface area (Å²) in [7, 11) is 0. The van der Waals surface area contributed by atoms with E-state index in [9.17, 15) is 18.0 Å². The molecule has 27 heavy (non-hydrogen) atoms. The lowest BCUT2D eigenvalue weighted by atomic mass is 10.1. The number of nitrogens with one attached hydrogen (secondary N) is 2. The van der Waals surface area contributed by atoms with Crippen LogP contribution in [0, 0.1) is 13.8 Å². The van der Waals surface area contributed by atoms with Crippen molar-refractivity contribution in [3.8, 4) is 0 Å². The summed E-state index contributed by atoms with van der Waals surface area (Å²) >= 11 is 5.86. The summed E-state index contributed by atoms with van der Waals surface area (Å²) in [6.07, 6.45) is -3.71. The number of fused-ring (bicyclic) bond motifs is 1. The van der Waals surface area contributed by atoms with Crippen molar-refractivity contribution >= 4 is 29.0 Å². The highest BCUT2D eigenvalue weighted by molar-refractivity contribution is 6.33. The average molecular weight is 398 g/mol. The molecule has 0 aliphatic rings. The van der Waals surface area contributed by atoms with E-state index in [0.717, 1.165) is 27.8 Å². The van der Waals surface area contributed by atoms with E-state index in [-0.39, 0.29) is 23.0 Å². The Labute approximate surface area is 157 Å². The van der Waals surface area contributed by atoms with Crippen molar-refractivity contribution < 1.29 is 18.0 Å². The van der Waals surface area contributed by atoms with Gasteiger partial charge < -0.3 is 10.6 Å². The molecular weight excluding hydrogens is 383 g/mol. The number of aryl methyl sites for hydroxylation is 2. The number of carbonyl (C=O) groups excluding carboxylic acids is 1. The van der Waals surface area contributed by atoms with Gasteiger partial charge in [-0.25, -0.2) is 4.79 Å². The lowest BCUT2D eigenvalue weighted by Gasteiger charge is -2.12. The molecule has 142 valence electrons. The van der Waals surface area contributed by atoms with Crippen LogP contribution in [0.2, 0.25) is 5.02 Å². The maximum Gasteiger partial charge on any atom is 0.417 e. The maximum absolute atomic E-state index is 13.0. The van der Waals surface area contributed by atoms with Crippen LogP contribution in [0.3, 0.4) is 0 Å². The standard InChI is InChI=1S/C17H15ClF3N5O/c1-9-4-3-5-10(2)14(9)23-16(27)22-7-13-24-25-15-12(18)6-11(8-26(13)15)17(19,20)21/h3-6,8H,7H2,1-2H3,(H2,22,23,27). The van der Waals surface area contributed by atoms with Crippen molar-refractivity contribution in [2.45, 2.75) is 26.6 Å². The van der Waals surface area contributed by atoms with Gasteiger partial charge in [0.2, 0.25) is 0 Å². The second-order valence-electron chi connectivity index (χ2n) is 5.96. The lowest BCUT2D eigenvalue weighted by Crippen LogP contribution is -2.29. The molecule has 0 bridgehead atoms. The minimum Gasteiger partial charge on any atom is -0.331 e. The molecule has 10 heteroatoms. The molecule has 3 aromatic rings. The van der Waals surface area contributed by atoms with Crippen LogP contribution in [0.1, 0.15) is 22.5 Å². The van der Waals surface area contributed by atoms with Gasteiger partial charge in [-0.1, -0.05) is 29.8 Å². The fourth-order valence-electron chi connectivity index (χ4n) is 2.60. The van der Waals surface area contributed by atoms with E-state index < -0.39 is 17.8 Å². The SMILES string of the molecule is Cc1cccc(C)c1NC(=O)NCc1nnc2c(Cl)cc(C(F)(F)F)cn12. The Bertz CT molecular complexity index is 995. The van der Waals surface area contributed by atoms with Crippen LogP contribution in [-0.4, -0.2) is 20.6 Å². The smallest absolute Gasteiger partial charge is 0.331 e. The molecule has 2 amide bonds. The van der Waals surface area contributed by atoms with E-state index in [4.69, 9.17) is 11.6 Å². The zero-order valence-electron chi connectivity index (χ0n) is 14.4. The summed E-state index contributed by atoms with van der Waals surface area (Å²) in [5, 5.41) is 12.7. The van der Waals surface area contributed by atoms with Crippen molar-refractivity contribution in [2.75, 3.05) is 5.32 Å². The highest BCUT2D eigenvalue weighted by atomic mass is 35.5. The number of amides is 2. The number of carbonyl (C=O) groups is 1. The first kappa shape index (κ1) is 19.0. The monoisotopic (exact) mass is 397 g/mol. The topological polar surface area (TPSA) is 71.3 Å². The molecule has 3 rings (SSSR count). The number of rotatable bonds is 3. The van der Waals surface area contributed by atoms with Crippen LogP contribution in [0.4, 0.5) is 23.7 Å². The minimum absolute atomic E-state index is 0.0802. The third kappa shape index (κ3) is 3.97. The Morgan fingerprint density at radius 3 is 2.52 bits per heavy atom. The molecular formula is C17H15ClF3N5O. The van der Waals surface area contributed by atoms with Gasteiger partial charge in [0.25, 0.3) is 0 Å². The molecule has 0 aliphatic carbocycles. The molecule has 0 saturated heterocycles. The van der Waals surface area contributed by atoms with Crippen molar-refractivity contribution in [3.63, 3.8) is 0 Å². The summed E-state index contributed by atoms with van der Waals surface area (Å²) < 4.78 is 40.0. The molecule has 1 aromatic carbocycles. The molecule has 0 atom stereocenters. The van der Waals surface area contributed by atoms with Gasteiger partial charge in [-0.15, -0.1) is 10.2 Å². The summed E-state index contributed by atoms with van der Waals surface area (Å²) in [4.78, 5) is 12.2. The predicted molar refractivity (Wildman–Crippen MR) is 94.8 cm³/mol. The van der Waals surface area contributed by atoms with Crippen LogP contribution < -0.4 is 10.6 Å². The van der Waals surface area contributed by atoms with E-state index in [1.165, 1.54) is 0 Å². The number of pyridine rings is 1. The van der Waals surface area contributed by atoms with Gasteiger partial charge in [0.1, 0.15) is 0 Å². The number of hydrogen-bond acceptors (Lipinski definition) is 3. The van der Waals surface area contributed by atoms with E-state index in [1.54, 1.807) is 0 Å². The average Bonchev–Trinajstić information content (AvgIpc) is 2.99. The molecule has 0 saturated carbocycles. The zero-order valence-corrected chi connectivity index (χ0v) is 15.1. The highest BCUT2D eigenvalue weighted by Gasteiger charge is 2.32. The molecule has 2 N–H and O–H groups in total. The van der Waals surface area contributed by atoms with Gasteiger partial charge in [-0.3, -0.25) is 4.40 Å². The molecule has 0 spiro atoms. The Balaban J connectivity index is 1.79. The largest absolute Gasteiger partial charge is 0.417 e. The van der Waals surface area contributed by atoms with Crippen molar-refractivity contribution in [3.05, 3.63) is 58.0 Å². The molecule has 2 heterocycles. The molecule has 0 fully saturated rings. The molecule has 2 aromatic heterocycles. The number of benzene rings is 1. The number of anilines is 1. The second kappa shape index (κ2) is 7.07. The van der Waals surface area contributed by atoms with Crippen LogP contribution in [-0.2, 0) is 12.7 Å². The lowest BCUT2D eigenvalue weighted by molar-refractivity contribution is -0.137. The molecule has 0 aliphatic heterocycles. The summed E-state index contributed by atoms with van der Waals surface area (Å²) in [5.41, 5.74) is 1.60. The Hall–Kier alpha value is -2.81. The molecule has 0 unspecified atom stereocenters. The van der Waals surface area contributed by atoms with Gasteiger partial charge in [-0.05, 0) is 31.0 Å². The molecule has 6 nitrogen and oxygen atoms in total. The Morgan fingerprint density at radius 2 is 1.89 bits per heavy atom. The number of para-hydroxylation sites is 1. The number of urea groups is 1. The van der Waals surface area contributed by atoms with Crippen LogP contribution >= 0.6 is 11.6 Å². The quantitative estimate of drug-likeness (QED) is 0.690. The van der Waals surface area contributed by atoms with Gasteiger partial charge >= 0.3 is 12.2 Å². The fourth-order valence-corrected chi connectivity index (χ4v) is 2.85. The van der Waals surface area contributed by atoms with Gasteiger partial charge in [0.15, 0.2) is 11.5 Å². The predicted octanol–water partition coefficient (Wildman–Crippen LogP) is 4.34. The first-order chi connectivity index (χ1) is 12.7. The Morgan fingerprint density at radius 1 is 1.22 bits per heavy atom. The summed E-state index contributed by atoms with van der Waals surface area (Å²) in [6, 6.07) is 5.86. The molecule has 0 radical (unpaired) electrons. The van der Waals surface area contributed by atoms with Crippen molar-refractivity contribution in [2.24, 2.45) is 0 Å². The zero-order chi connectivity index (χ0) is 19.8. The number of hydrogen-bond donors (Lipinski definition) is 2. The van der Waals surface area contributed by atoms with E-state index in [1.807, 2.05) is 32.0 Å². The van der Waals surface area contributed by atoms with Crippen LogP contribution in [0.25, 0.3) is 5.65 Å². The van der Waals surface area contributed by atoms with Gasteiger partial charge in [-0.2, -0.15) is 13.2 Å². The summed E-state index contributed by atoms with van der Waals surface area (Å²) in [5.74, 6) is 0.120.